The first-order valence-corrected chi connectivity index (χ1v) is 15.0. The lowest BCUT2D eigenvalue weighted by atomic mass is 9.88. The third-order valence-corrected chi connectivity index (χ3v) is 8.63. The Hall–Kier alpha value is -4.83. The molecule has 0 saturated carbocycles. The Kier molecular flexibility index (Phi) is 7.77. The van der Waals surface area contributed by atoms with Gasteiger partial charge in [-0.2, -0.15) is 10.2 Å². The number of rotatable bonds is 7. The summed E-state index contributed by atoms with van der Waals surface area (Å²) in [4.78, 5) is 25.1. The van der Waals surface area contributed by atoms with Crippen molar-refractivity contribution in [1.29, 1.82) is 0 Å². The molecule has 4 heterocycles. The zero-order valence-corrected chi connectivity index (χ0v) is 26.2. The lowest BCUT2D eigenvalue weighted by Crippen LogP contribution is -2.45. The molecule has 0 aliphatic carbocycles. The summed E-state index contributed by atoms with van der Waals surface area (Å²) in [7, 11) is 2.13. The fourth-order valence-electron chi connectivity index (χ4n) is 6.35. The molecule has 0 radical (unpaired) electrons. The van der Waals surface area contributed by atoms with Crippen molar-refractivity contribution in [2.24, 2.45) is 4.99 Å². The summed E-state index contributed by atoms with van der Waals surface area (Å²) >= 11 is 0. The van der Waals surface area contributed by atoms with Gasteiger partial charge in [0.15, 0.2) is 11.5 Å². The number of nitrogens with zero attached hydrogens (tertiary/aromatic N) is 5. The summed E-state index contributed by atoms with van der Waals surface area (Å²) in [6, 6.07) is 12.3. The Morgan fingerprint density at radius 1 is 1.07 bits per heavy atom. The van der Waals surface area contributed by atoms with Crippen molar-refractivity contribution < 1.29 is 4.79 Å². The fraction of sp³-hybridized carbons (Fsp3) is 0.324. The fourth-order valence-corrected chi connectivity index (χ4v) is 6.35. The molecule has 0 spiro atoms. The van der Waals surface area contributed by atoms with Gasteiger partial charge in [0.25, 0.3) is 5.91 Å². The number of pyridine rings is 1. The minimum atomic E-state index is -0.159. The second kappa shape index (κ2) is 11.7. The van der Waals surface area contributed by atoms with Crippen LogP contribution in [-0.2, 0) is 0 Å². The smallest absolute Gasteiger partial charge is 0.272 e. The molecule has 44 heavy (non-hydrogen) atoms. The minimum absolute atomic E-state index is 0.0196. The molecule has 1 fully saturated rings. The minimum Gasteiger partial charge on any atom is -0.348 e. The van der Waals surface area contributed by atoms with E-state index in [2.05, 4.69) is 73.7 Å². The number of allylic oxidation sites excluding steroid dienone is 1. The molecule has 10 heteroatoms. The van der Waals surface area contributed by atoms with E-state index in [9.17, 15) is 4.79 Å². The first-order chi connectivity index (χ1) is 21.2. The molecule has 6 rings (SSSR count). The van der Waals surface area contributed by atoms with Crippen LogP contribution in [0.3, 0.4) is 0 Å². The molecule has 2 atom stereocenters. The lowest BCUT2D eigenvalue weighted by Gasteiger charge is -2.38. The van der Waals surface area contributed by atoms with Gasteiger partial charge < -0.3 is 10.6 Å². The number of fused-ring (bicyclic) bond motifs is 2. The van der Waals surface area contributed by atoms with Crippen LogP contribution in [0.25, 0.3) is 27.5 Å². The molecule has 4 N–H and O–H groups in total. The number of amides is 1. The van der Waals surface area contributed by atoms with E-state index in [0.29, 0.717) is 11.5 Å². The van der Waals surface area contributed by atoms with Gasteiger partial charge >= 0.3 is 0 Å². The number of carbonyl (C=O) groups is 1. The molecule has 1 saturated heterocycles. The largest absolute Gasteiger partial charge is 0.348 e. The number of piperidine rings is 1. The van der Waals surface area contributed by atoms with E-state index in [4.69, 9.17) is 4.98 Å². The van der Waals surface area contributed by atoms with Gasteiger partial charge in [-0.25, -0.2) is 4.98 Å². The van der Waals surface area contributed by atoms with Crippen LogP contribution in [0, 0.1) is 27.7 Å². The molecule has 2 aromatic carbocycles. The summed E-state index contributed by atoms with van der Waals surface area (Å²) in [5, 5.41) is 23.6. The van der Waals surface area contributed by atoms with Gasteiger partial charge in [0.2, 0.25) is 0 Å². The number of aliphatic imine (C=N–C) groups is 1. The highest BCUT2D eigenvalue weighted by Gasteiger charge is 2.32. The SMILES string of the molecule is C=Nc1c(/C(=C\C)Nc2nc(C)cc3c(C)[nH]nc23)cc(C)cc1C1CC(NC(=O)c2n[nH]c3ccc(C)cc23)CCN1C. The van der Waals surface area contributed by atoms with Crippen molar-refractivity contribution in [3.05, 3.63) is 81.8 Å². The molecular weight excluding hydrogens is 550 g/mol. The van der Waals surface area contributed by atoms with Crippen molar-refractivity contribution in [1.82, 2.24) is 35.6 Å². The van der Waals surface area contributed by atoms with Crippen LogP contribution in [0.5, 0.6) is 0 Å². The molecule has 2 unspecified atom stereocenters. The van der Waals surface area contributed by atoms with Crippen molar-refractivity contribution in [3.63, 3.8) is 0 Å². The number of carbonyl (C=O) groups excluding carboxylic acids is 1. The van der Waals surface area contributed by atoms with Crippen LogP contribution in [0.15, 0.2) is 47.5 Å². The molecule has 0 bridgehead atoms. The van der Waals surface area contributed by atoms with Gasteiger partial charge in [-0.15, -0.1) is 0 Å². The standard InChI is InChI=1S/C34H39N9O/c1-8-27(38-33-31-23(16-20(4)36-33)21(5)39-41-31)24-14-19(3)15-26(30(24)35-6)29-17-22(11-12-43(29)7)37-34(44)32-25-13-18(2)9-10-28(25)40-42-32/h8-10,13-16,22,29H,6,11-12,17H2,1-5,7H3,(H,36,38)(H,37,44)(H,39,41)(H,40,42)/b27-8+. The molecular formula is C34H39N9O. The van der Waals surface area contributed by atoms with Crippen molar-refractivity contribution in [2.45, 2.75) is 59.5 Å². The molecule has 5 aromatic rings. The first-order valence-electron chi connectivity index (χ1n) is 15.0. The first kappa shape index (κ1) is 29.3. The number of H-pyrrole nitrogens is 2. The van der Waals surface area contributed by atoms with E-state index in [1.807, 2.05) is 58.0 Å². The van der Waals surface area contributed by atoms with Gasteiger partial charge in [0.05, 0.1) is 11.2 Å². The maximum atomic E-state index is 13.4. The number of nitrogens with one attached hydrogen (secondary N) is 4. The Morgan fingerprint density at radius 2 is 1.89 bits per heavy atom. The zero-order valence-electron chi connectivity index (χ0n) is 26.2. The maximum Gasteiger partial charge on any atom is 0.272 e. The monoisotopic (exact) mass is 589 g/mol. The number of hydrogen-bond acceptors (Lipinski definition) is 7. The van der Waals surface area contributed by atoms with Crippen LogP contribution in [0.2, 0.25) is 0 Å². The van der Waals surface area contributed by atoms with E-state index < -0.39 is 0 Å². The molecule has 1 aliphatic rings. The summed E-state index contributed by atoms with van der Waals surface area (Å²) in [5.41, 5.74) is 9.89. The van der Waals surface area contributed by atoms with E-state index in [1.54, 1.807) is 0 Å². The zero-order chi connectivity index (χ0) is 31.1. The molecule has 226 valence electrons. The Bertz CT molecular complexity index is 1930. The highest BCUT2D eigenvalue weighted by Crippen LogP contribution is 2.41. The number of likely N-dealkylation sites (tertiary alicyclic amines) is 1. The van der Waals surface area contributed by atoms with Gasteiger partial charge in [-0.3, -0.25) is 24.9 Å². The Balaban J connectivity index is 1.30. The average molecular weight is 590 g/mol. The van der Waals surface area contributed by atoms with Crippen LogP contribution in [0.1, 0.15) is 69.9 Å². The van der Waals surface area contributed by atoms with Gasteiger partial charge in [-0.05, 0) is 96.6 Å². The third kappa shape index (κ3) is 5.37. The van der Waals surface area contributed by atoms with Gasteiger partial charge in [0, 0.05) is 52.0 Å². The molecule has 1 aliphatic heterocycles. The average Bonchev–Trinajstić information content (AvgIpc) is 3.59. The number of aromatic amines is 2. The topological polar surface area (TPSA) is 127 Å². The van der Waals surface area contributed by atoms with Crippen molar-refractivity contribution in [2.75, 3.05) is 18.9 Å². The molecule has 3 aromatic heterocycles. The second-order valence-corrected chi connectivity index (χ2v) is 11.9. The summed E-state index contributed by atoms with van der Waals surface area (Å²) < 4.78 is 0. The van der Waals surface area contributed by atoms with E-state index in [1.165, 1.54) is 0 Å². The predicted octanol–water partition coefficient (Wildman–Crippen LogP) is 6.44. The normalized spacial score (nSPS) is 17.7. The van der Waals surface area contributed by atoms with E-state index in [0.717, 1.165) is 86.2 Å². The van der Waals surface area contributed by atoms with E-state index >= 15 is 0 Å². The summed E-state index contributed by atoms with van der Waals surface area (Å²) in [6.45, 7) is 14.9. The Labute approximate surface area is 257 Å². The highest BCUT2D eigenvalue weighted by molar-refractivity contribution is 6.05. The highest BCUT2D eigenvalue weighted by atomic mass is 16.2. The number of anilines is 1. The third-order valence-electron chi connectivity index (χ3n) is 8.63. The quantitative estimate of drug-likeness (QED) is 0.162. The number of benzene rings is 2. The molecule has 1 amide bonds. The lowest BCUT2D eigenvalue weighted by molar-refractivity contribution is 0.0885. The van der Waals surface area contributed by atoms with Gasteiger partial charge in [-0.1, -0.05) is 23.8 Å². The maximum absolute atomic E-state index is 13.4. The van der Waals surface area contributed by atoms with Crippen LogP contribution in [-0.4, -0.2) is 62.5 Å². The predicted molar refractivity (Wildman–Crippen MR) is 178 cm³/mol. The van der Waals surface area contributed by atoms with E-state index in [-0.39, 0.29) is 18.0 Å². The van der Waals surface area contributed by atoms with Crippen LogP contribution < -0.4 is 10.6 Å². The Morgan fingerprint density at radius 3 is 2.66 bits per heavy atom. The summed E-state index contributed by atoms with van der Waals surface area (Å²) in [5.74, 6) is 0.530. The van der Waals surface area contributed by atoms with Crippen LogP contribution >= 0.6 is 0 Å². The number of hydrogen-bond donors (Lipinski definition) is 4. The second-order valence-electron chi connectivity index (χ2n) is 11.9. The number of aromatic nitrogens is 5. The molecule has 10 nitrogen and oxygen atoms in total. The van der Waals surface area contributed by atoms with Crippen molar-refractivity contribution >= 4 is 51.6 Å². The van der Waals surface area contributed by atoms with Gasteiger partial charge in [0.1, 0.15) is 5.52 Å². The summed E-state index contributed by atoms with van der Waals surface area (Å²) in [6.07, 6.45) is 3.61. The van der Waals surface area contributed by atoms with Crippen LogP contribution in [0.4, 0.5) is 11.5 Å². The van der Waals surface area contributed by atoms with Crippen molar-refractivity contribution in [3.8, 4) is 0 Å². The number of aryl methyl sites for hydroxylation is 4.